The Balaban J connectivity index is 0.00000155. The summed E-state index contributed by atoms with van der Waals surface area (Å²) in [5.41, 5.74) is 1.75. The Morgan fingerprint density at radius 2 is 1.13 bits per heavy atom. The second kappa shape index (κ2) is 11.1. The largest absolute Gasteiger partial charge is 0.416 e. The van der Waals surface area contributed by atoms with Crippen LogP contribution in [0.3, 0.4) is 0 Å². The molecule has 3 aromatic carbocycles. The van der Waals surface area contributed by atoms with Gasteiger partial charge in [-0.05, 0) is 53.6 Å². The molecular weight excluding hydrogens is 432 g/mol. The highest BCUT2D eigenvalue weighted by atomic mass is 35.5. The number of nitrogens with one attached hydrogen (secondary N) is 2. The molecule has 0 unspecified atom stereocenters. The van der Waals surface area contributed by atoms with E-state index >= 15 is 0 Å². The molecule has 0 atom stereocenters. The highest BCUT2D eigenvalue weighted by Crippen LogP contribution is 2.33. The normalized spacial score (nSPS) is 10.8. The fourth-order valence-electron chi connectivity index (χ4n) is 2.70. The third-order valence-corrected chi connectivity index (χ3v) is 4.50. The molecule has 0 heterocycles. The molecule has 7 heteroatoms. The summed E-state index contributed by atoms with van der Waals surface area (Å²) < 4.78 is 39.9. The maximum atomic E-state index is 13.3. The first-order valence-electron chi connectivity index (χ1n) is 9.48. The minimum atomic E-state index is -4.44. The van der Waals surface area contributed by atoms with Crippen LogP contribution in [-0.4, -0.2) is 0 Å². The predicted molar refractivity (Wildman–Crippen MR) is 120 cm³/mol. The van der Waals surface area contributed by atoms with Crippen molar-refractivity contribution in [2.24, 2.45) is 0 Å². The molecule has 0 saturated heterocycles. The average Bonchev–Trinajstić information content (AvgIpc) is 2.72. The summed E-state index contributed by atoms with van der Waals surface area (Å²) in [6, 6.07) is 18.1. The molecule has 0 amide bonds. The zero-order valence-electron chi connectivity index (χ0n) is 16.7. The van der Waals surface area contributed by atoms with Gasteiger partial charge in [0.25, 0.3) is 0 Å². The van der Waals surface area contributed by atoms with E-state index < -0.39 is 11.7 Å². The monoisotopic (exact) mass is 454 g/mol. The maximum absolute atomic E-state index is 13.3. The van der Waals surface area contributed by atoms with Crippen LogP contribution < -0.4 is 10.6 Å². The highest BCUT2D eigenvalue weighted by molar-refractivity contribution is 6.30. The third-order valence-electron chi connectivity index (χ3n) is 4.03. The molecular formula is C23H23Cl2F3N2. The Morgan fingerprint density at radius 1 is 0.700 bits per heavy atom. The van der Waals surface area contributed by atoms with E-state index in [4.69, 9.17) is 23.2 Å². The molecule has 160 valence electrons. The van der Waals surface area contributed by atoms with E-state index in [2.05, 4.69) is 10.6 Å². The lowest BCUT2D eigenvalue weighted by molar-refractivity contribution is -0.137. The van der Waals surface area contributed by atoms with Gasteiger partial charge < -0.3 is 10.6 Å². The summed E-state index contributed by atoms with van der Waals surface area (Å²) in [5, 5.41) is 7.21. The summed E-state index contributed by atoms with van der Waals surface area (Å²) in [5.74, 6) is 0. The first-order chi connectivity index (χ1) is 14.3. The number of hydrogen-bond donors (Lipinski definition) is 2. The molecule has 0 bridgehead atoms. The molecule has 3 aromatic rings. The van der Waals surface area contributed by atoms with Gasteiger partial charge in [-0.2, -0.15) is 13.2 Å². The van der Waals surface area contributed by atoms with Crippen LogP contribution >= 0.6 is 23.2 Å². The van der Waals surface area contributed by atoms with Gasteiger partial charge in [-0.1, -0.05) is 61.3 Å². The number of anilines is 2. The molecule has 0 fully saturated rings. The summed E-state index contributed by atoms with van der Waals surface area (Å²) in [4.78, 5) is 0. The smallest absolute Gasteiger partial charge is 0.381 e. The molecule has 0 radical (unpaired) electrons. The van der Waals surface area contributed by atoms with E-state index in [1.807, 2.05) is 26.0 Å². The molecule has 0 saturated carbocycles. The van der Waals surface area contributed by atoms with Gasteiger partial charge >= 0.3 is 6.18 Å². The van der Waals surface area contributed by atoms with E-state index in [0.717, 1.165) is 23.3 Å². The zero-order chi connectivity index (χ0) is 22.1. The lowest BCUT2D eigenvalue weighted by Crippen LogP contribution is -2.09. The summed E-state index contributed by atoms with van der Waals surface area (Å²) >= 11 is 11.9. The molecule has 3 rings (SSSR count). The zero-order valence-corrected chi connectivity index (χ0v) is 18.2. The van der Waals surface area contributed by atoms with Crippen LogP contribution in [0.5, 0.6) is 0 Å². The minimum absolute atomic E-state index is 0.357. The Kier molecular flexibility index (Phi) is 8.88. The van der Waals surface area contributed by atoms with Gasteiger partial charge in [0, 0.05) is 34.5 Å². The van der Waals surface area contributed by atoms with Crippen molar-refractivity contribution in [3.05, 3.63) is 93.5 Å². The number of rotatable bonds is 6. The van der Waals surface area contributed by atoms with Crippen LogP contribution in [0.25, 0.3) is 0 Å². The molecule has 30 heavy (non-hydrogen) atoms. The molecule has 0 aliphatic carbocycles. The van der Waals surface area contributed by atoms with Crippen molar-refractivity contribution in [3.63, 3.8) is 0 Å². The lowest BCUT2D eigenvalue weighted by atomic mass is 10.1. The van der Waals surface area contributed by atoms with Gasteiger partial charge in [0.2, 0.25) is 0 Å². The minimum Gasteiger partial charge on any atom is -0.381 e. The van der Waals surface area contributed by atoms with Crippen LogP contribution in [0, 0.1) is 0 Å². The van der Waals surface area contributed by atoms with Crippen molar-refractivity contribution in [2.45, 2.75) is 33.1 Å². The third kappa shape index (κ3) is 7.47. The van der Waals surface area contributed by atoms with Gasteiger partial charge in [0.1, 0.15) is 0 Å². The van der Waals surface area contributed by atoms with Crippen molar-refractivity contribution in [2.75, 3.05) is 10.6 Å². The summed E-state index contributed by atoms with van der Waals surface area (Å²) in [6.07, 6.45) is -4.44. The van der Waals surface area contributed by atoms with E-state index in [0.29, 0.717) is 34.5 Å². The number of halogens is 5. The first kappa shape index (κ1) is 23.9. The van der Waals surface area contributed by atoms with Crippen molar-refractivity contribution in [1.82, 2.24) is 0 Å². The molecule has 2 N–H and O–H groups in total. The average molecular weight is 455 g/mol. The summed E-state index contributed by atoms with van der Waals surface area (Å²) in [7, 11) is 0. The van der Waals surface area contributed by atoms with Gasteiger partial charge in [0.05, 0.1) is 5.56 Å². The van der Waals surface area contributed by atoms with Crippen LogP contribution in [0.2, 0.25) is 10.0 Å². The van der Waals surface area contributed by atoms with Crippen LogP contribution in [0.15, 0.2) is 66.7 Å². The molecule has 2 nitrogen and oxygen atoms in total. The Morgan fingerprint density at radius 3 is 1.50 bits per heavy atom. The number of hydrogen-bond acceptors (Lipinski definition) is 2. The van der Waals surface area contributed by atoms with Crippen LogP contribution in [0.1, 0.15) is 30.5 Å². The lowest BCUT2D eigenvalue weighted by Gasteiger charge is -2.15. The topological polar surface area (TPSA) is 24.1 Å². The molecule has 0 aromatic heterocycles. The van der Waals surface area contributed by atoms with Gasteiger partial charge in [-0.25, -0.2) is 0 Å². The quantitative estimate of drug-likeness (QED) is 0.391. The Bertz CT molecular complexity index is 891. The van der Waals surface area contributed by atoms with E-state index in [1.165, 1.54) is 0 Å². The Hall–Kier alpha value is -2.37. The second-order valence-electron chi connectivity index (χ2n) is 6.26. The summed E-state index contributed by atoms with van der Waals surface area (Å²) in [6.45, 7) is 4.71. The van der Waals surface area contributed by atoms with E-state index in [-0.39, 0.29) is 0 Å². The molecule has 0 aliphatic heterocycles. The van der Waals surface area contributed by atoms with E-state index in [9.17, 15) is 13.2 Å². The van der Waals surface area contributed by atoms with E-state index in [1.54, 1.807) is 42.5 Å². The van der Waals surface area contributed by atoms with Crippen LogP contribution in [-0.2, 0) is 19.3 Å². The number of alkyl halides is 3. The van der Waals surface area contributed by atoms with Crippen molar-refractivity contribution in [1.29, 1.82) is 0 Å². The predicted octanol–water partition coefficient (Wildman–Crippen LogP) is 8.26. The molecule has 0 spiro atoms. The van der Waals surface area contributed by atoms with Gasteiger partial charge in [0.15, 0.2) is 0 Å². The van der Waals surface area contributed by atoms with Crippen molar-refractivity contribution < 1.29 is 13.2 Å². The highest BCUT2D eigenvalue weighted by Gasteiger charge is 2.31. The van der Waals surface area contributed by atoms with Gasteiger partial charge in [-0.3, -0.25) is 0 Å². The fourth-order valence-corrected chi connectivity index (χ4v) is 3.12. The van der Waals surface area contributed by atoms with Gasteiger partial charge in [-0.15, -0.1) is 0 Å². The fraction of sp³-hybridized carbons (Fsp3) is 0.217. The Labute approximate surface area is 185 Å². The number of benzene rings is 3. The molecule has 0 aliphatic rings. The van der Waals surface area contributed by atoms with Crippen molar-refractivity contribution >= 4 is 34.6 Å². The SMILES string of the molecule is CC.FC(F)(F)c1cc(NCc2cccc(Cl)c2)cc(NCc2cccc(Cl)c2)c1. The second-order valence-corrected chi connectivity index (χ2v) is 7.14. The maximum Gasteiger partial charge on any atom is 0.416 e. The van der Waals surface area contributed by atoms with Crippen molar-refractivity contribution in [3.8, 4) is 0 Å². The van der Waals surface area contributed by atoms with Crippen LogP contribution in [0.4, 0.5) is 24.5 Å². The standard InChI is InChI=1S/C21H17Cl2F3N2.C2H6/c22-17-5-1-3-14(7-17)12-27-19-9-16(21(24,25)26)10-20(11-19)28-13-15-4-2-6-18(23)8-15;1-2/h1-11,27-28H,12-13H2;1-2H3. The first-order valence-corrected chi connectivity index (χ1v) is 10.2.